The zero-order chi connectivity index (χ0) is 18.5. The molecule has 0 amide bonds. The van der Waals surface area contributed by atoms with Crippen LogP contribution < -0.4 is 0 Å². The van der Waals surface area contributed by atoms with Crippen LogP contribution in [0.3, 0.4) is 0 Å². The highest BCUT2D eigenvalue weighted by Crippen LogP contribution is 2.23. The number of allylic oxidation sites excluding steroid dienone is 2. The molecule has 140 valence electrons. The minimum Gasteiger partial charge on any atom is -0.500 e. The number of carbonyl (C=O) groups is 1. The van der Waals surface area contributed by atoms with Crippen LogP contribution >= 0.6 is 0 Å². The Hall–Kier alpha value is -1.53. The van der Waals surface area contributed by atoms with Crippen molar-refractivity contribution in [3.8, 4) is 0 Å². The maximum absolute atomic E-state index is 11.5. The van der Waals surface area contributed by atoms with E-state index >= 15 is 0 Å². The average molecular weight is 344 g/mol. The predicted molar refractivity (Wildman–Crippen MR) is 92.4 cm³/mol. The Kier molecular flexibility index (Phi) is 12.0. The lowest BCUT2D eigenvalue weighted by molar-refractivity contribution is -0.159. The summed E-state index contributed by atoms with van der Waals surface area (Å²) in [4.78, 5) is 11.5. The molecule has 0 aromatic heterocycles. The lowest BCUT2D eigenvalue weighted by Crippen LogP contribution is -2.24. The molecular formula is C18H32O6. The van der Waals surface area contributed by atoms with Crippen LogP contribution in [0.25, 0.3) is 0 Å². The Labute approximate surface area is 145 Å². The number of ether oxygens (including phenoxy) is 4. The first-order chi connectivity index (χ1) is 11.4. The number of hydrogen-bond donors (Lipinski definition) is 1. The largest absolute Gasteiger partial charge is 0.500 e. The summed E-state index contributed by atoms with van der Waals surface area (Å²) in [5, 5.41) is 9.42. The van der Waals surface area contributed by atoms with Gasteiger partial charge in [-0.05, 0) is 32.3 Å². The predicted octanol–water partition coefficient (Wildman–Crippen LogP) is 3.58. The highest BCUT2D eigenvalue weighted by atomic mass is 16.7. The Morgan fingerprint density at radius 3 is 2.08 bits per heavy atom. The van der Waals surface area contributed by atoms with Gasteiger partial charge in [0.15, 0.2) is 6.29 Å². The first kappa shape index (κ1) is 22.5. The van der Waals surface area contributed by atoms with Crippen molar-refractivity contribution >= 4 is 5.97 Å². The number of aliphatic carboxylic acids is 1. The topological polar surface area (TPSA) is 74.2 Å². The van der Waals surface area contributed by atoms with Crippen LogP contribution in [0, 0.1) is 11.8 Å². The van der Waals surface area contributed by atoms with Crippen LogP contribution in [0.4, 0.5) is 0 Å². The molecule has 24 heavy (non-hydrogen) atoms. The molecule has 0 aliphatic rings. The monoisotopic (exact) mass is 344 g/mol. The average Bonchev–Trinajstić information content (AvgIpc) is 2.51. The minimum absolute atomic E-state index is 0.101. The third kappa shape index (κ3) is 8.36. The Balaban J connectivity index is 5.20. The number of carboxylic acids is 1. The van der Waals surface area contributed by atoms with Crippen LogP contribution in [0.2, 0.25) is 0 Å². The number of carboxylic acid groups (broad SMARTS) is 1. The van der Waals surface area contributed by atoms with Crippen molar-refractivity contribution < 1.29 is 28.8 Å². The van der Waals surface area contributed by atoms with Gasteiger partial charge in [0.25, 0.3) is 0 Å². The van der Waals surface area contributed by atoms with Gasteiger partial charge in [-0.25, -0.2) is 0 Å². The summed E-state index contributed by atoms with van der Waals surface area (Å²) in [7, 11) is 1.47. The number of methoxy groups -OCH3 is 1. The fourth-order valence-corrected chi connectivity index (χ4v) is 2.19. The molecule has 1 atom stereocenters. The molecule has 1 N–H and O–H groups in total. The molecular weight excluding hydrogens is 312 g/mol. The summed E-state index contributed by atoms with van der Waals surface area (Å²) in [5.74, 6) is -0.840. The van der Waals surface area contributed by atoms with E-state index in [2.05, 4.69) is 0 Å². The van der Waals surface area contributed by atoms with Gasteiger partial charge in [0, 0.05) is 19.3 Å². The molecule has 0 saturated carbocycles. The Morgan fingerprint density at radius 1 is 1.12 bits per heavy atom. The van der Waals surface area contributed by atoms with Gasteiger partial charge in [0.1, 0.15) is 24.0 Å². The van der Waals surface area contributed by atoms with Gasteiger partial charge < -0.3 is 24.1 Å². The first-order valence-corrected chi connectivity index (χ1v) is 8.45. The van der Waals surface area contributed by atoms with E-state index in [-0.39, 0.29) is 12.5 Å². The van der Waals surface area contributed by atoms with Gasteiger partial charge in [-0.3, -0.25) is 4.79 Å². The Bertz CT molecular complexity index is 408. The smallest absolute Gasteiger partial charge is 0.314 e. The van der Waals surface area contributed by atoms with Gasteiger partial charge in [0.05, 0.1) is 7.11 Å². The summed E-state index contributed by atoms with van der Waals surface area (Å²) in [6.45, 7) is 10.7. The van der Waals surface area contributed by atoms with E-state index in [0.717, 1.165) is 6.42 Å². The van der Waals surface area contributed by atoms with Crippen molar-refractivity contribution in [3.05, 3.63) is 23.7 Å². The molecule has 0 aromatic carbocycles. The second-order valence-electron chi connectivity index (χ2n) is 5.48. The zero-order valence-electron chi connectivity index (χ0n) is 15.7. The lowest BCUT2D eigenvalue weighted by atomic mass is 9.93. The zero-order valence-corrected chi connectivity index (χ0v) is 15.7. The summed E-state index contributed by atoms with van der Waals surface area (Å²) >= 11 is 0. The van der Waals surface area contributed by atoms with Gasteiger partial charge >= 0.3 is 5.97 Å². The van der Waals surface area contributed by atoms with Crippen molar-refractivity contribution in [3.63, 3.8) is 0 Å². The van der Waals surface area contributed by atoms with Crippen molar-refractivity contribution in [2.75, 3.05) is 26.9 Å². The normalized spacial score (nSPS) is 14.2. The molecule has 0 aromatic rings. The molecule has 0 rings (SSSR count). The molecule has 0 bridgehead atoms. The Morgan fingerprint density at radius 2 is 1.71 bits per heavy atom. The summed E-state index contributed by atoms with van der Waals surface area (Å²) in [6, 6.07) is 0. The molecule has 0 aliphatic carbocycles. The van der Waals surface area contributed by atoms with E-state index in [1.165, 1.54) is 7.11 Å². The van der Waals surface area contributed by atoms with E-state index < -0.39 is 18.2 Å². The molecule has 1 unspecified atom stereocenters. The second-order valence-corrected chi connectivity index (χ2v) is 5.48. The third-order valence-electron chi connectivity index (χ3n) is 3.26. The molecule has 6 heteroatoms. The van der Waals surface area contributed by atoms with Crippen LogP contribution in [0.5, 0.6) is 0 Å². The highest BCUT2D eigenvalue weighted by molar-refractivity contribution is 5.73. The summed E-state index contributed by atoms with van der Waals surface area (Å²) < 4.78 is 22.0. The van der Waals surface area contributed by atoms with E-state index in [9.17, 15) is 9.90 Å². The fraction of sp³-hybridized carbons (Fsp3) is 0.722. The maximum Gasteiger partial charge on any atom is 0.314 e. The summed E-state index contributed by atoms with van der Waals surface area (Å²) in [6.07, 6.45) is 3.79. The highest BCUT2D eigenvalue weighted by Gasteiger charge is 2.27. The standard InChI is InChI=1S/C18H32O6/c1-7-10-14(24-12-16(22-8-2)23-9-3)11-15(21-6)17(13(4)5)18(19)20/h10-11,13,16-17H,7-9,12H2,1-6H3,(H,19,20)/b14-10-,15-11-. The molecule has 0 heterocycles. The van der Waals surface area contributed by atoms with Gasteiger partial charge in [-0.2, -0.15) is 0 Å². The molecule has 0 aliphatic heterocycles. The number of rotatable bonds is 13. The summed E-state index contributed by atoms with van der Waals surface area (Å²) in [5.41, 5.74) is 0. The van der Waals surface area contributed by atoms with Crippen molar-refractivity contribution in [2.45, 2.75) is 47.3 Å². The molecule has 0 fully saturated rings. The quantitative estimate of drug-likeness (QED) is 0.313. The van der Waals surface area contributed by atoms with Crippen molar-refractivity contribution in [1.82, 2.24) is 0 Å². The van der Waals surface area contributed by atoms with Gasteiger partial charge in [-0.15, -0.1) is 0 Å². The van der Waals surface area contributed by atoms with Crippen LogP contribution in [0.15, 0.2) is 23.7 Å². The number of hydrogen-bond acceptors (Lipinski definition) is 5. The maximum atomic E-state index is 11.5. The van der Waals surface area contributed by atoms with E-state index in [4.69, 9.17) is 18.9 Å². The molecule has 6 nitrogen and oxygen atoms in total. The van der Waals surface area contributed by atoms with Crippen molar-refractivity contribution in [2.24, 2.45) is 11.8 Å². The van der Waals surface area contributed by atoms with Crippen LogP contribution in [-0.2, 0) is 23.7 Å². The van der Waals surface area contributed by atoms with E-state index in [1.807, 2.05) is 40.7 Å². The lowest BCUT2D eigenvalue weighted by Gasteiger charge is -2.21. The van der Waals surface area contributed by atoms with E-state index in [1.54, 1.807) is 6.08 Å². The van der Waals surface area contributed by atoms with E-state index in [0.29, 0.717) is 24.7 Å². The molecule has 0 saturated heterocycles. The first-order valence-electron chi connectivity index (χ1n) is 8.45. The SMILES string of the molecule is CC/C=C(/C=C(\OC)C(C(=O)O)C(C)C)OCC(OCC)OCC. The van der Waals surface area contributed by atoms with Crippen LogP contribution in [0.1, 0.15) is 41.0 Å². The molecule has 0 spiro atoms. The second kappa shape index (κ2) is 12.8. The minimum atomic E-state index is -0.921. The fourth-order valence-electron chi connectivity index (χ4n) is 2.19. The molecule has 0 radical (unpaired) electrons. The van der Waals surface area contributed by atoms with Gasteiger partial charge in [0.2, 0.25) is 0 Å². The third-order valence-corrected chi connectivity index (χ3v) is 3.26. The van der Waals surface area contributed by atoms with Crippen LogP contribution in [-0.4, -0.2) is 44.3 Å². The van der Waals surface area contributed by atoms with Gasteiger partial charge in [-0.1, -0.05) is 20.8 Å². The van der Waals surface area contributed by atoms with Crippen molar-refractivity contribution in [1.29, 1.82) is 0 Å².